The highest BCUT2D eigenvalue weighted by atomic mass is 79.9. The second-order valence-electron chi connectivity index (χ2n) is 4.71. The maximum atomic E-state index is 13.7. The average Bonchev–Trinajstić information content (AvgIpc) is 2.26. The smallest absolute Gasteiger partial charge is 0.243 e. The highest BCUT2D eigenvalue weighted by molar-refractivity contribution is 9.10. The highest BCUT2D eigenvalue weighted by Gasteiger charge is 2.23. The Balaban J connectivity index is 2.97. The zero-order chi connectivity index (χ0) is 14.6. The van der Waals surface area contributed by atoms with Gasteiger partial charge in [-0.05, 0) is 30.5 Å². The van der Waals surface area contributed by atoms with Gasteiger partial charge in [-0.25, -0.2) is 17.5 Å². The summed E-state index contributed by atoms with van der Waals surface area (Å²) in [6.45, 7) is 3.50. The summed E-state index contributed by atoms with van der Waals surface area (Å²) < 4.78 is 40.5. The number of rotatable bonds is 6. The van der Waals surface area contributed by atoms with Crippen LogP contribution in [0.2, 0.25) is 0 Å². The van der Waals surface area contributed by atoms with E-state index in [4.69, 9.17) is 0 Å². The van der Waals surface area contributed by atoms with Gasteiger partial charge < -0.3 is 5.11 Å². The van der Waals surface area contributed by atoms with E-state index in [9.17, 15) is 17.9 Å². The third-order valence-corrected chi connectivity index (χ3v) is 4.53. The highest BCUT2D eigenvalue weighted by Crippen LogP contribution is 2.20. The molecule has 0 saturated carbocycles. The van der Waals surface area contributed by atoms with Crippen molar-refractivity contribution in [1.29, 1.82) is 0 Å². The third kappa shape index (κ3) is 4.83. The Kier molecular flexibility index (Phi) is 5.91. The summed E-state index contributed by atoms with van der Waals surface area (Å²) in [6.07, 6.45) is 0.480. The van der Waals surface area contributed by atoms with Gasteiger partial charge in [0.2, 0.25) is 10.0 Å². The van der Waals surface area contributed by atoms with Crippen molar-refractivity contribution in [2.75, 3.05) is 6.61 Å². The van der Waals surface area contributed by atoms with E-state index in [1.807, 2.05) is 13.8 Å². The summed E-state index contributed by atoms with van der Waals surface area (Å²) in [5.74, 6) is -0.613. The number of aliphatic hydroxyl groups is 1. The van der Waals surface area contributed by atoms with Crippen molar-refractivity contribution >= 4 is 26.0 Å². The Labute approximate surface area is 121 Å². The van der Waals surface area contributed by atoms with Crippen molar-refractivity contribution < 1.29 is 17.9 Å². The Morgan fingerprint density at radius 1 is 1.42 bits per heavy atom. The molecule has 7 heteroatoms. The maximum Gasteiger partial charge on any atom is 0.243 e. The molecule has 0 saturated heterocycles. The predicted molar refractivity (Wildman–Crippen MR) is 74.8 cm³/mol. The van der Waals surface area contributed by atoms with E-state index in [-0.39, 0.29) is 12.5 Å². The molecular weight excluding hydrogens is 337 g/mol. The topological polar surface area (TPSA) is 66.4 Å². The van der Waals surface area contributed by atoms with Gasteiger partial charge in [0.15, 0.2) is 0 Å². The van der Waals surface area contributed by atoms with Gasteiger partial charge in [-0.2, -0.15) is 0 Å². The molecule has 0 spiro atoms. The molecule has 0 aliphatic carbocycles. The predicted octanol–water partition coefficient (Wildman–Crippen LogP) is 2.27. The van der Waals surface area contributed by atoms with E-state index in [1.54, 1.807) is 0 Å². The van der Waals surface area contributed by atoms with E-state index in [2.05, 4.69) is 20.7 Å². The van der Waals surface area contributed by atoms with Crippen LogP contribution in [0.1, 0.15) is 20.3 Å². The van der Waals surface area contributed by atoms with Crippen LogP contribution >= 0.6 is 15.9 Å². The quantitative estimate of drug-likeness (QED) is 0.824. The molecule has 1 atom stereocenters. The van der Waals surface area contributed by atoms with Gasteiger partial charge in [-0.1, -0.05) is 29.8 Å². The molecule has 1 aromatic carbocycles. The third-order valence-electron chi connectivity index (χ3n) is 2.48. The minimum absolute atomic E-state index is 0.217. The Morgan fingerprint density at radius 2 is 2.05 bits per heavy atom. The van der Waals surface area contributed by atoms with Crippen molar-refractivity contribution in [1.82, 2.24) is 4.72 Å². The SMILES string of the molecule is CC(C)C[C@@H](CO)NS(=O)(=O)c1ccc(Br)cc1F. The van der Waals surface area contributed by atoms with Gasteiger partial charge in [-0.3, -0.25) is 0 Å². The first-order valence-electron chi connectivity index (χ1n) is 5.84. The number of benzene rings is 1. The molecule has 0 bridgehead atoms. The fraction of sp³-hybridized carbons (Fsp3) is 0.500. The molecular formula is C12H17BrFNO3S. The van der Waals surface area contributed by atoms with Crippen LogP contribution in [0.3, 0.4) is 0 Å². The first-order chi connectivity index (χ1) is 8.76. The molecule has 0 radical (unpaired) electrons. The molecule has 1 rings (SSSR count). The molecule has 0 heterocycles. The van der Waals surface area contributed by atoms with Crippen molar-refractivity contribution in [3.63, 3.8) is 0 Å². The van der Waals surface area contributed by atoms with E-state index in [0.29, 0.717) is 10.9 Å². The van der Waals surface area contributed by atoms with E-state index < -0.39 is 26.8 Å². The molecule has 0 fully saturated rings. The molecule has 0 unspecified atom stereocenters. The zero-order valence-electron chi connectivity index (χ0n) is 10.7. The normalized spacial score (nSPS) is 13.8. The Morgan fingerprint density at radius 3 is 2.53 bits per heavy atom. The van der Waals surface area contributed by atoms with Crippen LogP contribution in [0.4, 0.5) is 4.39 Å². The van der Waals surface area contributed by atoms with Gasteiger partial charge in [0.1, 0.15) is 10.7 Å². The van der Waals surface area contributed by atoms with Crippen LogP contribution in [0.15, 0.2) is 27.6 Å². The standard InChI is InChI=1S/C12H17BrFNO3S/c1-8(2)5-10(7-16)15-19(17,18)12-4-3-9(13)6-11(12)14/h3-4,6,8,10,15-16H,5,7H2,1-2H3/t10-/m0/s1. The molecule has 19 heavy (non-hydrogen) atoms. The van der Waals surface area contributed by atoms with Crippen LogP contribution in [0.25, 0.3) is 0 Å². The average molecular weight is 354 g/mol. The summed E-state index contributed by atoms with van der Waals surface area (Å²) in [7, 11) is -3.97. The van der Waals surface area contributed by atoms with Gasteiger partial charge in [0.05, 0.1) is 6.61 Å². The summed E-state index contributed by atoms with van der Waals surface area (Å²) in [4.78, 5) is -0.419. The van der Waals surface area contributed by atoms with Crippen LogP contribution in [-0.2, 0) is 10.0 Å². The first kappa shape index (κ1) is 16.6. The minimum atomic E-state index is -3.97. The number of nitrogens with one attached hydrogen (secondary N) is 1. The first-order valence-corrected chi connectivity index (χ1v) is 8.12. The summed E-state index contributed by atoms with van der Waals surface area (Å²) in [6, 6.07) is 3.11. The second-order valence-corrected chi connectivity index (χ2v) is 7.30. The van der Waals surface area contributed by atoms with Crippen LogP contribution in [0, 0.1) is 11.7 Å². The number of aliphatic hydroxyl groups excluding tert-OH is 1. The Hall–Kier alpha value is -0.500. The number of halogens is 2. The van der Waals surface area contributed by atoms with Crippen molar-refractivity contribution in [2.24, 2.45) is 5.92 Å². The minimum Gasteiger partial charge on any atom is -0.395 e. The van der Waals surface area contributed by atoms with Crippen LogP contribution in [0.5, 0.6) is 0 Å². The molecule has 2 N–H and O–H groups in total. The van der Waals surface area contributed by atoms with E-state index in [0.717, 1.165) is 6.07 Å². The lowest BCUT2D eigenvalue weighted by Crippen LogP contribution is -2.38. The van der Waals surface area contributed by atoms with Gasteiger partial charge in [0.25, 0.3) is 0 Å². The molecule has 108 valence electrons. The number of sulfonamides is 1. The number of hydrogen-bond donors (Lipinski definition) is 2. The van der Waals surface area contributed by atoms with E-state index >= 15 is 0 Å². The fourth-order valence-electron chi connectivity index (χ4n) is 1.70. The lowest BCUT2D eigenvalue weighted by atomic mass is 10.1. The van der Waals surface area contributed by atoms with Gasteiger partial charge >= 0.3 is 0 Å². The zero-order valence-corrected chi connectivity index (χ0v) is 13.1. The maximum absolute atomic E-state index is 13.7. The van der Waals surface area contributed by atoms with Crippen LogP contribution in [-0.4, -0.2) is 26.2 Å². The Bertz CT molecular complexity index is 534. The molecule has 0 amide bonds. The summed E-state index contributed by atoms with van der Waals surface area (Å²) in [5, 5.41) is 9.17. The van der Waals surface area contributed by atoms with Gasteiger partial charge in [0, 0.05) is 10.5 Å². The van der Waals surface area contributed by atoms with Gasteiger partial charge in [-0.15, -0.1) is 0 Å². The number of hydrogen-bond acceptors (Lipinski definition) is 3. The lowest BCUT2D eigenvalue weighted by Gasteiger charge is -2.18. The monoisotopic (exact) mass is 353 g/mol. The molecule has 1 aromatic rings. The second kappa shape index (κ2) is 6.78. The molecule has 0 aliphatic rings. The largest absolute Gasteiger partial charge is 0.395 e. The fourth-order valence-corrected chi connectivity index (χ4v) is 3.34. The molecule has 0 aromatic heterocycles. The summed E-state index contributed by atoms with van der Waals surface area (Å²) >= 11 is 3.07. The van der Waals surface area contributed by atoms with E-state index in [1.165, 1.54) is 12.1 Å². The molecule has 4 nitrogen and oxygen atoms in total. The van der Waals surface area contributed by atoms with Crippen molar-refractivity contribution in [3.05, 3.63) is 28.5 Å². The van der Waals surface area contributed by atoms with Crippen molar-refractivity contribution in [3.8, 4) is 0 Å². The molecule has 0 aliphatic heterocycles. The summed E-state index contributed by atoms with van der Waals surface area (Å²) in [5.41, 5.74) is 0. The van der Waals surface area contributed by atoms with Crippen LogP contribution < -0.4 is 4.72 Å². The lowest BCUT2D eigenvalue weighted by molar-refractivity contribution is 0.240. The van der Waals surface area contributed by atoms with Crippen molar-refractivity contribution in [2.45, 2.75) is 31.2 Å².